The molecule has 0 spiro atoms. The maximum Gasteiger partial charge on any atom is 0.120 e. The van der Waals surface area contributed by atoms with Gasteiger partial charge in [-0.3, -0.25) is 0 Å². The zero-order valence-electron chi connectivity index (χ0n) is 9.40. The van der Waals surface area contributed by atoms with Gasteiger partial charge < -0.3 is 15.2 Å². The quantitative estimate of drug-likeness (QED) is 0.839. The van der Waals surface area contributed by atoms with Crippen LogP contribution in [0.4, 0.5) is 0 Å². The molecule has 4 heteroatoms. The highest BCUT2D eigenvalue weighted by Crippen LogP contribution is 2.32. The van der Waals surface area contributed by atoms with E-state index in [0.717, 1.165) is 24.3 Å². The second-order valence-electron chi connectivity index (χ2n) is 3.93. The molecule has 0 aliphatic carbocycles. The zero-order chi connectivity index (χ0) is 10.7. The number of rotatable bonds is 2. The van der Waals surface area contributed by atoms with Crippen LogP contribution in [0, 0.1) is 0 Å². The third kappa shape index (κ3) is 2.80. The van der Waals surface area contributed by atoms with E-state index >= 15 is 0 Å². The molecule has 1 aromatic carbocycles. The van der Waals surface area contributed by atoms with E-state index in [1.807, 2.05) is 6.07 Å². The smallest absolute Gasteiger partial charge is 0.120 e. The van der Waals surface area contributed by atoms with E-state index in [4.69, 9.17) is 4.74 Å². The lowest BCUT2D eigenvalue weighted by atomic mass is 9.96. The minimum absolute atomic E-state index is 0. The highest BCUT2D eigenvalue weighted by molar-refractivity contribution is 5.85. The molecular formula is C12H18ClNO2. The molecule has 3 nitrogen and oxygen atoms in total. The van der Waals surface area contributed by atoms with E-state index in [9.17, 15) is 5.11 Å². The van der Waals surface area contributed by atoms with E-state index in [2.05, 4.69) is 5.32 Å². The first kappa shape index (κ1) is 13.1. The molecule has 0 radical (unpaired) electrons. The van der Waals surface area contributed by atoms with Crippen molar-refractivity contribution < 1.29 is 9.84 Å². The fraction of sp³-hybridized carbons (Fsp3) is 0.500. The van der Waals surface area contributed by atoms with Gasteiger partial charge in [-0.1, -0.05) is 6.42 Å². The number of halogens is 1. The van der Waals surface area contributed by atoms with Gasteiger partial charge in [0.25, 0.3) is 0 Å². The Balaban J connectivity index is 0.00000128. The molecule has 0 unspecified atom stereocenters. The van der Waals surface area contributed by atoms with Crippen LogP contribution in [0.1, 0.15) is 30.9 Å². The predicted octanol–water partition coefficient (Wildman–Crippen LogP) is 2.64. The largest absolute Gasteiger partial charge is 0.508 e. The van der Waals surface area contributed by atoms with Gasteiger partial charge in [0, 0.05) is 11.6 Å². The number of piperidine rings is 1. The fourth-order valence-electron chi connectivity index (χ4n) is 2.06. The molecule has 90 valence electrons. The Bertz CT molecular complexity index is 338. The van der Waals surface area contributed by atoms with Gasteiger partial charge in [-0.25, -0.2) is 0 Å². The number of hydrogen-bond donors (Lipinski definition) is 2. The first-order chi connectivity index (χ1) is 7.31. The summed E-state index contributed by atoms with van der Waals surface area (Å²) in [6, 6.07) is 5.67. The van der Waals surface area contributed by atoms with Gasteiger partial charge in [0.2, 0.25) is 0 Å². The average Bonchev–Trinajstić information content (AvgIpc) is 2.31. The predicted molar refractivity (Wildman–Crippen MR) is 66.5 cm³/mol. The molecule has 1 atom stereocenters. The number of phenols is 1. The van der Waals surface area contributed by atoms with Crippen molar-refractivity contribution in [3.8, 4) is 11.5 Å². The van der Waals surface area contributed by atoms with Crippen LogP contribution >= 0.6 is 12.4 Å². The minimum Gasteiger partial charge on any atom is -0.508 e. The van der Waals surface area contributed by atoms with Crippen LogP contribution in [0.25, 0.3) is 0 Å². The summed E-state index contributed by atoms with van der Waals surface area (Å²) in [4.78, 5) is 0. The normalized spacial score (nSPS) is 19.9. The first-order valence-corrected chi connectivity index (χ1v) is 5.41. The molecule has 1 fully saturated rings. The maximum absolute atomic E-state index is 9.79. The van der Waals surface area contributed by atoms with Crippen molar-refractivity contribution >= 4 is 12.4 Å². The van der Waals surface area contributed by atoms with Gasteiger partial charge in [0.15, 0.2) is 0 Å². The van der Waals surface area contributed by atoms with Gasteiger partial charge >= 0.3 is 0 Å². The Morgan fingerprint density at radius 2 is 2.19 bits per heavy atom. The van der Waals surface area contributed by atoms with Crippen LogP contribution in [0.2, 0.25) is 0 Å². The number of ether oxygens (including phenoxy) is 1. The van der Waals surface area contributed by atoms with Crippen molar-refractivity contribution in [2.75, 3.05) is 13.7 Å². The van der Waals surface area contributed by atoms with Crippen molar-refractivity contribution in [1.29, 1.82) is 0 Å². The summed E-state index contributed by atoms with van der Waals surface area (Å²) >= 11 is 0. The number of hydrogen-bond acceptors (Lipinski definition) is 3. The Morgan fingerprint density at radius 3 is 2.81 bits per heavy atom. The van der Waals surface area contributed by atoms with E-state index in [0.29, 0.717) is 5.75 Å². The number of phenolic OH excluding ortho intramolecular Hbond substituents is 1. The monoisotopic (exact) mass is 243 g/mol. The lowest BCUT2D eigenvalue weighted by Crippen LogP contribution is -2.26. The van der Waals surface area contributed by atoms with Gasteiger partial charge in [-0.05, 0) is 37.6 Å². The van der Waals surface area contributed by atoms with Crippen molar-refractivity contribution in [1.82, 2.24) is 5.32 Å². The van der Waals surface area contributed by atoms with Crippen LogP contribution in [0.5, 0.6) is 11.5 Å². The van der Waals surface area contributed by atoms with Crippen LogP contribution in [-0.4, -0.2) is 18.8 Å². The van der Waals surface area contributed by atoms with Crippen LogP contribution in [0.3, 0.4) is 0 Å². The first-order valence-electron chi connectivity index (χ1n) is 5.41. The maximum atomic E-state index is 9.79. The van der Waals surface area contributed by atoms with E-state index < -0.39 is 0 Å². The molecular weight excluding hydrogens is 226 g/mol. The molecule has 1 heterocycles. The molecule has 1 aromatic rings. The van der Waals surface area contributed by atoms with Crippen molar-refractivity contribution in [2.45, 2.75) is 25.3 Å². The van der Waals surface area contributed by atoms with Crippen LogP contribution in [-0.2, 0) is 0 Å². The average molecular weight is 244 g/mol. The number of nitrogens with one attached hydrogen (secondary N) is 1. The lowest BCUT2D eigenvalue weighted by Gasteiger charge is -2.24. The Morgan fingerprint density at radius 1 is 1.38 bits per heavy atom. The van der Waals surface area contributed by atoms with Gasteiger partial charge in [-0.2, -0.15) is 0 Å². The van der Waals surface area contributed by atoms with Crippen molar-refractivity contribution in [3.05, 3.63) is 23.8 Å². The summed E-state index contributed by atoms with van der Waals surface area (Å²) in [5.41, 5.74) is 0.953. The van der Waals surface area contributed by atoms with Crippen LogP contribution in [0.15, 0.2) is 18.2 Å². The van der Waals surface area contributed by atoms with Gasteiger partial charge in [-0.15, -0.1) is 12.4 Å². The zero-order valence-corrected chi connectivity index (χ0v) is 10.2. The highest BCUT2D eigenvalue weighted by Gasteiger charge is 2.18. The summed E-state index contributed by atoms with van der Waals surface area (Å²) in [7, 11) is 1.64. The lowest BCUT2D eigenvalue weighted by molar-refractivity contribution is 0.382. The van der Waals surface area contributed by atoms with Crippen molar-refractivity contribution in [3.63, 3.8) is 0 Å². The topological polar surface area (TPSA) is 41.5 Å². The number of aromatic hydroxyl groups is 1. The molecule has 1 saturated heterocycles. The SMILES string of the molecule is COc1ccc(O)c([C@@H]2CCCCN2)c1.Cl. The fourth-order valence-corrected chi connectivity index (χ4v) is 2.06. The Hall–Kier alpha value is -0.930. The van der Waals surface area contributed by atoms with Gasteiger partial charge in [0.05, 0.1) is 7.11 Å². The molecule has 0 bridgehead atoms. The Kier molecular flexibility index (Phi) is 4.90. The molecule has 0 saturated carbocycles. The summed E-state index contributed by atoms with van der Waals surface area (Å²) in [6.45, 7) is 1.03. The van der Waals surface area contributed by atoms with E-state index in [1.165, 1.54) is 12.8 Å². The molecule has 1 aliphatic heterocycles. The van der Waals surface area contributed by atoms with Crippen LogP contribution < -0.4 is 10.1 Å². The standard InChI is InChI=1S/C12H17NO2.ClH/c1-15-9-5-6-12(14)10(8-9)11-4-2-3-7-13-11;/h5-6,8,11,13-14H,2-4,7H2,1H3;1H/t11-;/m0./s1. The van der Waals surface area contributed by atoms with Gasteiger partial charge in [0.1, 0.15) is 11.5 Å². The van der Waals surface area contributed by atoms with Crippen molar-refractivity contribution in [2.24, 2.45) is 0 Å². The Labute approximate surface area is 102 Å². The molecule has 1 aliphatic rings. The molecule has 0 amide bonds. The number of benzene rings is 1. The number of methoxy groups -OCH3 is 1. The second-order valence-corrected chi connectivity index (χ2v) is 3.93. The second kappa shape index (κ2) is 5.97. The summed E-state index contributed by atoms with van der Waals surface area (Å²) in [6.07, 6.45) is 3.52. The third-order valence-corrected chi connectivity index (χ3v) is 2.92. The minimum atomic E-state index is 0. The van der Waals surface area contributed by atoms with E-state index in [-0.39, 0.29) is 18.4 Å². The third-order valence-electron chi connectivity index (χ3n) is 2.92. The molecule has 0 aromatic heterocycles. The summed E-state index contributed by atoms with van der Waals surface area (Å²) in [5, 5.41) is 13.2. The molecule has 2 N–H and O–H groups in total. The van der Waals surface area contributed by atoms with E-state index in [1.54, 1.807) is 19.2 Å². The highest BCUT2D eigenvalue weighted by atomic mass is 35.5. The molecule has 2 rings (SSSR count). The summed E-state index contributed by atoms with van der Waals surface area (Å²) < 4.78 is 5.16. The summed E-state index contributed by atoms with van der Waals surface area (Å²) in [5.74, 6) is 1.16. The molecule has 16 heavy (non-hydrogen) atoms.